The van der Waals surface area contributed by atoms with Crippen LogP contribution in [-0.2, 0) is 28.7 Å². The molecule has 0 radical (unpaired) electrons. The summed E-state index contributed by atoms with van der Waals surface area (Å²) in [5, 5.41) is 5.29. The fourth-order valence-electron chi connectivity index (χ4n) is 6.36. The van der Waals surface area contributed by atoms with Crippen molar-refractivity contribution >= 4 is 66.5 Å². The van der Waals surface area contributed by atoms with E-state index in [-0.39, 0.29) is 48.2 Å². The number of carbonyl (C=O) groups excluding carboxylic acids is 5. The number of Topliss-reactive ketones (excluding diaryl/α,β-unsaturated/α-hetero) is 2. The van der Waals surface area contributed by atoms with Crippen LogP contribution in [0.2, 0.25) is 0 Å². The molecule has 0 spiro atoms. The second kappa shape index (κ2) is 24.2. The SMILES string of the molecule is CC[C@@H](C(=O)C[C@@H](CSC(c1ccccc1)(c1ccccc1)c1ccccc1)C(=O)NC)N(C)C(=O)OC(C)(C)C.CNC(=O)[C@H](CS)CC(=O)[C@H](CS)N(C)C. The quantitative estimate of drug-likeness (QED) is 0.0771. The second-order valence-electron chi connectivity index (χ2n) is 14.9. The Hall–Kier alpha value is -3.78. The monoisotopic (exact) mass is 838 g/mol. The van der Waals surface area contributed by atoms with Crippen LogP contribution in [0.5, 0.6) is 0 Å². The Balaban J connectivity index is 0.000000590. The number of nitrogens with one attached hydrogen (secondary N) is 2. The van der Waals surface area contributed by atoms with Crippen molar-refractivity contribution in [2.45, 2.75) is 69.4 Å². The van der Waals surface area contributed by atoms with Crippen LogP contribution >= 0.6 is 37.0 Å². The maximum absolute atomic E-state index is 13.6. The molecule has 4 atom stereocenters. The van der Waals surface area contributed by atoms with E-state index < -0.39 is 28.4 Å². The molecule has 312 valence electrons. The molecule has 2 N–H and O–H groups in total. The second-order valence-corrected chi connectivity index (χ2v) is 16.9. The minimum absolute atomic E-state index is 0.00671. The topological polar surface area (TPSA) is 125 Å². The van der Waals surface area contributed by atoms with Gasteiger partial charge in [0.1, 0.15) is 5.60 Å². The number of hydrogen-bond donors (Lipinski definition) is 4. The van der Waals surface area contributed by atoms with Crippen LogP contribution < -0.4 is 10.6 Å². The highest BCUT2D eigenvalue weighted by atomic mass is 32.2. The Morgan fingerprint density at radius 3 is 1.42 bits per heavy atom. The summed E-state index contributed by atoms with van der Waals surface area (Å²) in [6.07, 6.45) is 0.0867. The van der Waals surface area contributed by atoms with Gasteiger partial charge in [-0.3, -0.25) is 24.1 Å². The minimum atomic E-state index is -0.691. The molecular formula is C44H62N4O6S3. The third kappa shape index (κ3) is 14.5. The van der Waals surface area contributed by atoms with Gasteiger partial charge in [0.15, 0.2) is 11.6 Å². The number of benzene rings is 3. The molecule has 10 nitrogen and oxygen atoms in total. The number of amides is 3. The Morgan fingerprint density at radius 1 is 0.667 bits per heavy atom. The molecule has 0 aliphatic rings. The number of ether oxygens (including phenoxy) is 1. The van der Waals surface area contributed by atoms with E-state index in [2.05, 4.69) is 72.3 Å². The third-order valence-electron chi connectivity index (χ3n) is 9.47. The van der Waals surface area contributed by atoms with Crippen molar-refractivity contribution in [3.8, 4) is 0 Å². The lowest BCUT2D eigenvalue weighted by atomic mass is 9.84. The molecule has 0 aliphatic carbocycles. The molecular weight excluding hydrogens is 777 g/mol. The van der Waals surface area contributed by atoms with Crippen molar-refractivity contribution in [3.63, 3.8) is 0 Å². The first kappa shape index (κ1) is 49.4. The molecule has 0 unspecified atom stereocenters. The van der Waals surface area contributed by atoms with E-state index >= 15 is 0 Å². The van der Waals surface area contributed by atoms with Crippen LogP contribution in [0.1, 0.15) is 63.6 Å². The van der Waals surface area contributed by atoms with E-state index in [1.165, 1.54) is 4.90 Å². The van der Waals surface area contributed by atoms with Gasteiger partial charge < -0.3 is 20.3 Å². The predicted molar refractivity (Wildman–Crippen MR) is 239 cm³/mol. The zero-order valence-electron chi connectivity index (χ0n) is 34.9. The molecule has 0 bridgehead atoms. The number of carbonyl (C=O) groups is 5. The van der Waals surface area contributed by atoms with Crippen molar-refractivity contribution in [2.75, 3.05) is 52.5 Å². The Labute approximate surface area is 355 Å². The van der Waals surface area contributed by atoms with E-state index in [4.69, 9.17) is 4.74 Å². The van der Waals surface area contributed by atoms with Gasteiger partial charge in [0, 0.05) is 51.2 Å². The summed E-state index contributed by atoms with van der Waals surface area (Å²) >= 11 is 9.87. The smallest absolute Gasteiger partial charge is 0.410 e. The van der Waals surface area contributed by atoms with E-state index in [1.807, 2.05) is 80.5 Å². The van der Waals surface area contributed by atoms with Gasteiger partial charge in [0.2, 0.25) is 11.8 Å². The van der Waals surface area contributed by atoms with Crippen molar-refractivity contribution in [1.82, 2.24) is 20.4 Å². The molecule has 0 aliphatic heterocycles. The number of thioether (sulfide) groups is 1. The molecule has 3 amide bonds. The molecule has 3 aromatic rings. The molecule has 13 heteroatoms. The van der Waals surface area contributed by atoms with Gasteiger partial charge in [0.05, 0.1) is 28.7 Å². The normalized spacial score (nSPS) is 13.5. The highest BCUT2D eigenvalue weighted by molar-refractivity contribution is 8.00. The summed E-state index contributed by atoms with van der Waals surface area (Å²) in [5.74, 6) is -0.225. The Kier molecular flexibility index (Phi) is 21.0. The zero-order chi connectivity index (χ0) is 42.8. The van der Waals surface area contributed by atoms with Crippen molar-refractivity contribution < 1.29 is 28.7 Å². The van der Waals surface area contributed by atoms with Crippen LogP contribution in [0, 0.1) is 11.8 Å². The maximum Gasteiger partial charge on any atom is 0.410 e. The highest BCUT2D eigenvalue weighted by Crippen LogP contribution is 2.49. The zero-order valence-corrected chi connectivity index (χ0v) is 37.5. The first-order valence-corrected chi connectivity index (χ1v) is 21.4. The summed E-state index contributed by atoms with van der Waals surface area (Å²) in [6, 6.07) is 29.8. The van der Waals surface area contributed by atoms with Crippen LogP contribution in [0.4, 0.5) is 4.79 Å². The van der Waals surface area contributed by atoms with Crippen LogP contribution in [-0.4, -0.2) is 109 Å². The number of thiol groups is 2. The molecule has 0 fully saturated rings. The van der Waals surface area contributed by atoms with Crippen molar-refractivity contribution in [1.29, 1.82) is 0 Å². The standard InChI is InChI=1S/C34H42N2O4S.C10H20N2O2S2/c1-7-29(36(6)32(39)40-33(2,3)4)30(37)23-25(31(38)35-5)24-41-34(26-17-11-8-12-18-26,27-19-13-9-14-20-27)28-21-15-10-16-22-28;1-11-10(14)7(5-15)4-9(13)8(6-16)12(2)3/h8-22,25,29H,7,23-24H2,1-6H3,(H,35,38);7-8,15-16H,4-6H2,1-3H3,(H,11,14)/t25-,29-;7-,8-/m00/s1. The molecule has 3 rings (SSSR count). The van der Waals surface area contributed by atoms with Crippen LogP contribution in [0.15, 0.2) is 91.0 Å². The third-order valence-corrected chi connectivity index (χ3v) is 12.0. The molecule has 0 saturated heterocycles. The lowest BCUT2D eigenvalue weighted by Crippen LogP contribution is -2.46. The van der Waals surface area contributed by atoms with Gasteiger partial charge in [-0.1, -0.05) is 97.9 Å². The number of ketones is 2. The van der Waals surface area contributed by atoms with Gasteiger partial charge in [-0.2, -0.15) is 25.3 Å². The van der Waals surface area contributed by atoms with Crippen molar-refractivity contribution in [2.24, 2.45) is 11.8 Å². The number of nitrogens with zero attached hydrogens (tertiary/aromatic N) is 2. The summed E-state index contributed by atoms with van der Waals surface area (Å²) in [5.41, 5.74) is 2.57. The summed E-state index contributed by atoms with van der Waals surface area (Å²) in [4.78, 5) is 66.0. The number of rotatable bonds is 19. The average Bonchev–Trinajstić information content (AvgIpc) is 3.20. The summed E-state index contributed by atoms with van der Waals surface area (Å²) in [6.45, 7) is 7.23. The highest BCUT2D eigenvalue weighted by Gasteiger charge is 2.39. The Bertz CT molecular complexity index is 1610. The van der Waals surface area contributed by atoms with Crippen LogP contribution in [0.3, 0.4) is 0 Å². The van der Waals surface area contributed by atoms with Crippen LogP contribution in [0.25, 0.3) is 0 Å². The molecule has 0 heterocycles. The largest absolute Gasteiger partial charge is 0.444 e. The Morgan fingerprint density at radius 2 is 1.07 bits per heavy atom. The number of hydrogen-bond acceptors (Lipinski definition) is 10. The summed E-state index contributed by atoms with van der Waals surface area (Å²) < 4.78 is 4.88. The van der Waals surface area contributed by atoms with Gasteiger partial charge >= 0.3 is 6.09 Å². The fraction of sp³-hybridized carbons (Fsp3) is 0.477. The first-order valence-electron chi connectivity index (χ1n) is 19.1. The predicted octanol–water partition coefficient (Wildman–Crippen LogP) is 6.78. The average molecular weight is 839 g/mol. The fourth-order valence-corrected chi connectivity index (χ4v) is 8.81. The molecule has 57 heavy (non-hydrogen) atoms. The summed E-state index contributed by atoms with van der Waals surface area (Å²) in [7, 11) is 8.39. The molecule has 3 aromatic carbocycles. The van der Waals surface area contributed by atoms with E-state index in [0.29, 0.717) is 23.7 Å². The van der Waals surface area contributed by atoms with Gasteiger partial charge in [-0.25, -0.2) is 4.79 Å². The minimum Gasteiger partial charge on any atom is -0.444 e. The first-order chi connectivity index (χ1) is 27.0. The van der Waals surface area contributed by atoms with Gasteiger partial charge in [0.25, 0.3) is 0 Å². The lowest BCUT2D eigenvalue weighted by molar-refractivity contribution is -0.130. The molecule has 0 aromatic heterocycles. The lowest BCUT2D eigenvalue weighted by Gasteiger charge is -2.36. The van der Waals surface area contributed by atoms with E-state index in [9.17, 15) is 24.0 Å². The van der Waals surface area contributed by atoms with Gasteiger partial charge in [-0.15, -0.1) is 11.8 Å². The number of likely N-dealkylation sites (N-methyl/N-ethyl adjacent to an activating group) is 2. The van der Waals surface area contributed by atoms with E-state index in [1.54, 1.807) is 53.7 Å². The molecule has 0 saturated carbocycles. The maximum atomic E-state index is 13.6. The van der Waals surface area contributed by atoms with Crippen molar-refractivity contribution in [3.05, 3.63) is 108 Å². The van der Waals surface area contributed by atoms with E-state index in [0.717, 1.165) is 16.7 Å². The van der Waals surface area contributed by atoms with Gasteiger partial charge in [-0.05, 0) is 58.0 Å².